The Morgan fingerprint density at radius 3 is 2.32 bits per heavy atom. The summed E-state index contributed by atoms with van der Waals surface area (Å²) >= 11 is 0. The topological polar surface area (TPSA) is 24.1 Å². The summed E-state index contributed by atoms with van der Waals surface area (Å²) < 4.78 is 0. The van der Waals surface area contributed by atoms with E-state index < -0.39 is 0 Å². The minimum Gasteiger partial charge on any atom is -0.319 e. The van der Waals surface area contributed by atoms with Crippen molar-refractivity contribution in [2.45, 2.75) is 38.5 Å². The lowest BCUT2D eigenvalue weighted by Gasteiger charge is -2.25. The minimum atomic E-state index is 0.618. The number of hydrogen-bond acceptors (Lipinski definition) is 2. The van der Waals surface area contributed by atoms with Crippen molar-refractivity contribution in [2.75, 3.05) is 26.7 Å². The Hall–Kier alpha value is -0.860. The second kappa shape index (κ2) is 7.06. The van der Waals surface area contributed by atoms with Crippen LogP contribution < -0.4 is 10.6 Å². The van der Waals surface area contributed by atoms with Crippen LogP contribution in [0.15, 0.2) is 24.3 Å². The van der Waals surface area contributed by atoms with Gasteiger partial charge in [-0.25, -0.2) is 0 Å². The van der Waals surface area contributed by atoms with Crippen LogP contribution in [0.3, 0.4) is 0 Å². The van der Waals surface area contributed by atoms with Crippen molar-refractivity contribution in [1.82, 2.24) is 10.6 Å². The maximum atomic E-state index is 3.44. The predicted octanol–water partition coefficient (Wildman–Crippen LogP) is 3.11. The van der Waals surface area contributed by atoms with E-state index in [0.29, 0.717) is 11.8 Å². The van der Waals surface area contributed by atoms with Gasteiger partial charge in [-0.2, -0.15) is 0 Å². The Morgan fingerprint density at radius 2 is 1.79 bits per heavy atom. The van der Waals surface area contributed by atoms with Crippen molar-refractivity contribution in [3.63, 3.8) is 0 Å². The van der Waals surface area contributed by atoms with Gasteiger partial charge in [-0.1, -0.05) is 38.1 Å². The van der Waals surface area contributed by atoms with E-state index in [1.165, 1.54) is 37.1 Å². The number of likely N-dealkylation sites (N-methyl/N-ethyl adjacent to an activating group) is 1. The van der Waals surface area contributed by atoms with Crippen LogP contribution in [0.1, 0.15) is 49.7 Å². The zero-order valence-electron chi connectivity index (χ0n) is 12.6. The molecule has 2 N–H and O–H groups in total. The maximum Gasteiger partial charge on any atom is 0.00196 e. The Labute approximate surface area is 118 Å². The molecule has 19 heavy (non-hydrogen) atoms. The lowest BCUT2D eigenvalue weighted by molar-refractivity contribution is 0.459. The van der Waals surface area contributed by atoms with Gasteiger partial charge in [0.1, 0.15) is 0 Å². The van der Waals surface area contributed by atoms with Gasteiger partial charge in [0, 0.05) is 6.54 Å². The second-order valence-electron chi connectivity index (χ2n) is 6.10. The summed E-state index contributed by atoms with van der Waals surface area (Å²) in [4.78, 5) is 0. The molecule has 1 aliphatic heterocycles. The molecule has 2 heteroatoms. The van der Waals surface area contributed by atoms with Gasteiger partial charge in [0.25, 0.3) is 0 Å². The molecule has 0 amide bonds. The summed E-state index contributed by atoms with van der Waals surface area (Å²) in [5.41, 5.74) is 3.00. The molecule has 1 heterocycles. The average molecular weight is 260 g/mol. The molecule has 0 radical (unpaired) electrons. The molecular weight excluding hydrogens is 232 g/mol. The molecule has 0 spiro atoms. The van der Waals surface area contributed by atoms with Crippen molar-refractivity contribution in [3.05, 3.63) is 35.4 Å². The SMILES string of the molecule is CNCC(c1ccc(C2CCNCC2)cc1)C(C)C. The van der Waals surface area contributed by atoms with Gasteiger partial charge in [0.05, 0.1) is 0 Å². The molecule has 1 atom stereocenters. The maximum absolute atomic E-state index is 3.44. The van der Waals surface area contributed by atoms with E-state index in [1.54, 1.807) is 0 Å². The first kappa shape index (κ1) is 14.5. The number of piperidine rings is 1. The number of benzene rings is 1. The summed E-state index contributed by atoms with van der Waals surface area (Å²) in [7, 11) is 2.04. The summed E-state index contributed by atoms with van der Waals surface area (Å²) in [5, 5.41) is 6.75. The van der Waals surface area contributed by atoms with Gasteiger partial charge in [0.2, 0.25) is 0 Å². The first-order valence-electron chi connectivity index (χ1n) is 7.67. The van der Waals surface area contributed by atoms with E-state index >= 15 is 0 Å². The molecule has 1 aliphatic rings. The number of nitrogens with one attached hydrogen (secondary N) is 2. The third-order valence-electron chi connectivity index (χ3n) is 4.40. The highest BCUT2D eigenvalue weighted by molar-refractivity contribution is 5.28. The Balaban J connectivity index is 2.07. The number of hydrogen-bond donors (Lipinski definition) is 2. The fraction of sp³-hybridized carbons (Fsp3) is 0.647. The van der Waals surface area contributed by atoms with E-state index in [2.05, 4.69) is 48.7 Å². The minimum absolute atomic E-state index is 0.618. The van der Waals surface area contributed by atoms with E-state index in [1.807, 2.05) is 7.05 Å². The molecule has 1 unspecified atom stereocenters. The van der Waals surface area contributed by atoms with Crippen LogP contribution in [0.5, 0.6) is 0 Å². The van der Waals surface area contributed by atoms with Crippen molar-refractivity contribution < 1.29 is 0 Å². The van der Waals surface area contributed by atoms with Crippen LogP contribution in [0, 0.1) is 5.92 Å². The molecule has 0 bridgehead atoms. The molecule has 1 saturated heterocycles. The van der Waals surface area contributed by atoms with Crippen LogP contribution in [-0.4, -0.2) is 26.7 Å². The third-order valence-corrected chi connectivity index (χ3v) is 4.40. The summed E-state index contributed by atoms with van der Waals surface area (Å²) in [6.45, 7) is 8.01. The van der Waals surface area contributed by atoms with Crippen LogP contribution in [-0.2, 0) is 0 Å². The molecular formula is C17H28N2. The normalized spacial score (nSPS) is 18.7. The van der Waals surface area contributed by atoms with Crippen molar-refractivity contribution in [2.24, 2.45) is 5.92 Å². The van der Waals surface area contributed by atoms with Crippen molar-refractivity contribution in [1.29, 1.82) is 0 Å². The van der Waals surface area contributed by atoms with Crippen LogP contribution in [0.4, 0.5) is 0 Å². The monoisotopic (exact) mass is 260 g/mol. The van der Waals surface area contributed by atoms with Crippen LogP contribution in [0.2, 0.25) is 0 Å². The fourth-order valence-electron chi connectivity index (χ4n) is 3.13. The standard InChI is InChI=1S/C17H28N2/c1-13(2)17(12-18-3)16-6-4-14(5-7-16)15-8-10-19-11-9-15/h4-7,13,15,17-19H,8-12H2,1-3H3. The van der Waals surface area contributed by atoms with Crippen LogP contribution >= 0.6 is 0 Å². The molecule has 1 fully saturated rings. The molecule has 106 valence electrons. The number of rotatable bonds is 5. The van der Waals surface area contributed by atoms with Gasteiger partial charge in [-0.05, 0) is 61.9 Å². The van der Waals surface area contributed by atoms with Crippen molar-refractivity contribution >= 4 is 0 Å². The molecule has 1 aromatic rings. The highest BCUT2D eigenvalue weighted by Gasteiger charge is 2.17. The zero-order chi connectivity index (χ0) is 13.7. The summed E-state index contributed by atoms with van der Waals surface area (Å²) in [6, 6.07) is 9.41. The van der Waals surface area contributed by atoms with Crippen LogP contribution in [0.25, 0.3) is 0 Å². The highest BCUT2D eigenvalue weighted by Crippen LogP contribution is 2.28. The first-order chi connectivity index (χ1) is 9.22. The molecule has 0 saturated carbocycles. The Kier molecular flexibility index (Phi) is 5.41. The van der Waals surface area contributed by atoms with Gasteiger partial charge in [-0.15, -0.1) is 0 Å². The van der Waals surface area contributed by atoms with E-state index in [4.69, 9.17) is 0 Å². The van der Waals surface area contributed by atoms with E-state index in [9.17, 15) is 0 Å². The summed E-state index contributed by atoms with van der Waals surface area (Å²) in [6.07, 6.45) is 2.56. The predicted molar refractivity (Wildman–Crippen MR) is 82.8 cm³/mol. The highest BCUT2D eigenvalue weighted by atomic mass is 14.9. The molecule has 0 aliphatic carbocycles. The van der Waals surface area contributed by atoms with E-state index in [-0.39, 0.29) is 0 Å². The lowest BCUT2D eigenvalue weighted by Crippen LogP contribution is -2.26. The second-order valence-corrected chi connectivity index (χ2v) is 6.10. The zero-order valence-corrected chi connectivity index (χ0v) is 12.6. The summed E-state index contributed by atoms with van der Waals surface area (Å²) in [5.74, 6) is 2.06. The third kappa shape index (κ3) is 3.80. The largest absolute Gasteiger partial charge is 0.319 e. The van der Waals surface area contributed by atoms with Gasteiger partial charge in [0.15, 0.2) is 0 Å². The Morgan fingerprint density at radius 1 is 1.16 bits per heavy atom. The molecule has 0 aromatic heterocycles. The van der Waals surface area contributed by atoms with E-state index in [0.717, 1.165) is 12.5 Å². The fourth-order valence-corrected chi connectivity index (χ4v) is 3.13. The van der Waals surface area contributed by atoms with Gasteiger partial charge < -0.3 is 10.6 Å². The molecule has 1 aromatic carbocycles. The smallest absolute Gasteiger partial charge is 0.00196 e. The van der Waals surface area contributed by atoms with Crippen molar-refractivity contribution in [3.8, 4) is 0 Å². The first-order valence-corrected chi connectivity index (χ1v) is 7.67. The quantitative estimate of drug-likeness (QED) is 0.850. The van der Waals surface area contributed by atoms with Gasteiger partial charge in [-0.3, -0.25) is 0 Å². The Bertz CT molecular complexity index is 363. The average Bonchev–Trinajstić information content (AvgIpc) is 2.46. The lowest BCUT2D eigenvalue weighted by atomic mass is 9.85. The van der Waals surface area contributed by atoms with Gasteiger partial charge >= 0.3 is 0 Å². The molecule has 2 nitrogen and oxygen atoms in total. The molecule has 2 rings (SSSR count).